The zero-order valence-corrected chi connectivity index (χ0v) is 30.1. The van der Waals surface area contributed by atoms with E-state index in [9.17, 15) is 16.8 Å². The highest BCUT2D eigenvalue weighted by Crippen LogP contribution is 2.32. The summed E-state index contributed by atoms with van der Waals surface area (Å²) in [6.45, 7) is 3.55. The number of hydrogen-bond acceptors (Lipinski definition) is 12. The number of benzene rings is 4. The minimum atomic E-state index is -3.58. The first-order valence-corrected chi connectivity index (χ1v) is 18.5. The average Bonchev–Trinajstić information content (AvgIpc) is 3.16. The zero-order chi connectivity index (χ0) is 36.6. The largest absolute Gasteiger partial charge is 0.495 e. The predicted octanol–water partition coefficient (Wildman–Crippen LogP) is 5.38. The molecule has 5 aromatic rings. The molecule has 0 atom stereocenters. The Hall–Kier alpha value is -5.68. The second-order valence-corrected chi connectivity index (χ2v) is 14.7. The Bertz CT molecular complexity index is 2170. The third kappa shape index (κ3) is 9.11. The smallest absolute Gasteiger partial charge is 0.240 e. The van der Waals surface area contributed by atoms with E-state index in [4.69, 9.17) is 4.74 Å². The molecule has 0 aliphatic rings. The number of hydrogen-bond donors (Lipinski definition) is 5. The lowest BCUT2D eigenvalue weighted by molar-refractivity contribution is 0.417. The van der Waals surface area contributed by atoms with Gasteiger partial charge in [-0.25, -0.2) is 26.3 Å². The number of nitrogens with one attached hydrogen (secondary N) is 5. The summed E-state index contributed by atoms with van der Waals surface area (Å²) in [5.74, 6) is 1.41. The molecule has 14 nitrogen and oxygen atoms in total. The summed E-state index contributed by atoms with van der Waals surface area (Å²) in [5, 5.41) is 12.2. The van der Waals surface area contributed by atoms with E-state index in [1.165, 1.54) is 38.4 Å². The second-order valence-electron chi connectivity index (χ2n) is 11.0. The van der Waals surface area contributed by atoms with Gasteiger partial charge in [-0.2, -0.15) is 20.2 Å². The Balaban J connectivity index is 1.46. The number of nitrogens with zero attached hydrogens (tertiary/aromatic N) is 4. The van der Waals surface area contributed by atoms with Crippen molar-refractivity contribution in [3.63, 3.8) is 0 Å². The minimum absolute atomic E-state index is 0.137. The van der Waals surface area contributed by atoms with Crippen molar-refractivity contribution in [3.05, 3.63) is 114 Å². The van der Waals surface area contributed by atoms with Crippen LogP contribution in [0.1, 0.15) is 25.0 Å². The molecule has 16 heteroatoms. The summed E-state index contributed by atoms with van der Waals surface area (Å²) in [4.78, 5) is 9.52. The summed E-state index contributed by atoms with van der Waals surface area (Å²) in [6, 6.07) is 29.9. The standard InChI is InChI=1S/C35H37N9O5S2/c1-23(25-11-16-29(17-12-25)50(45,46)36-3)41-43-33-22-34(44-42-24(2)26-13-18-30(19-14-26)51(47,48)37-4)40-35(39-33)38-31-21-28(15-20-32(31)49-5)27-9-7-6-8-10-27/h6-22,36-37H,1-5H3,(H3,38,39,40,43,44). The van der Waals surface area contributed by atoms with Crippen LogP contribution in [0.4, 0.5) is 23.3 Å². The van der Waals surface area contributed by atoms with Crippen molar-refractivity contribution in [2.45, 2.75) is 23.6 Å². The van der Waals surface area contributed by atoms with Crippen molar-refractivity contribution >= 4 is 54.7 Å². The van der Waals surface area contributed by atoms with Crippen molar-refractivity contribution in [2.75, 3.05) is 37.4 Å². The lowest BCUT2D eigenvalue weighted by Gasteiger charge is -2.14. The molecular formula is C35H37N9O5S2. The monoisotopic (exact) mass is 727 g/mol. The van der Waals surface area contributed by atoms with Gasteiger partial charge in [-0.15, -0.1) is 0 Å². The van der Waals surface area contributed by atoms with Crippen LogP contribution in [0, 0.1) is 0 Å². The first kappa shape index (κ1) is 36.6. The van der Waals surface area contributed by atoms with Crippen LogP contribution >= 0.6 is 0 Å². The van der Waals surface area contributed by atoms with Gasteiger partial charge in [0.1, 0.15) is 5.75 Å². The van der Waals surface area contributed by atoms with Crippen LogP contribution in [-0.2, 0) is 20.0 Å². The van der Waals surface area contributed by atoms with Gasteiger partial charge in [-0.05, 0) is 86.6 Å². The zero-order valence-electron chi connectivity index (χ0n) is 28.5. The third-order valence-electron chi connectivity index (χ3n) is 7.66. The number of anilines is 4. The summed E-state index contributed by atoms with van der Waals surface area (Å²) in [7, 11) is -2.87. The van der Waals surface area contributed by atoms with Gasteiger partial charge >= 0.3 is 0 Å². The molecule has 0 aliphatic carbocycles. The molecule has 0 amide bonds. The SMILES string of the molecule is CNS(=O)(=O)c1ccc(C(C)=NNc2cc(NN=C(C)c3ccc(S(=O)(=O)NC)cc3)nc(Nc3cc(-c4ccccc4)ccc3OC)n2)cc1. The van der Waals surface area contributed by atoms with Crippen LogP contribution < -0.4 is 30.3 Å². The molecule has 0 saturated heterocycles. The van der Waals surface area contributed by atoms with E-state index >= 15 is 0 Å². The lowest BCUT2D eigenvalue weighted by atomic mass is 10.0. The first-order valence-electron chi connectivity index (χ1n) is 15.5. The van der Waals surface area contributed by atoms with Crippen molar-refractivity contribution in [1.82, 2.24) is 19.4 Å². The van der Waals surface area contributed by atoms with E-state index in [1.807, 2.05) is 48.5 Å². The molecular weight excluding hydrogens is 691 g/mol. The summed E-state index contributed by atoms with van der Waals surface area (Å²) in [6.07, 6.45) is 0. The number of methoxy groups -OCH3 is 1. The van der Waals surface area contributed by atoms with Crippen LogP contribution in [0.2, 0.25) is 0 Å². The van der Waals surface area contributed by atoms with Gasteiger partial charge in [0.25, 0.3) is 0 Å². The normalized spacial score (nSPS) is 12.3. The summed E-state index contributed by atoms with van der Waals surface area (Å²) < 4.78 is 58.8. The minimum Gasteiger partial charge on any atom is -0.495 e. The summed E-state index contributed by atoms with van der Waals surface area (Å²) in [5.41, 5.74) is 11.0. The molecule has 5 rings (SSSR count). The van der Waals surface area contributed by atoms with Crippen molar-refractivity contribution in [1.29, 1.82) is 0 Å². The fourth-order valence-electron chi connectivity index (χ4n) is 4.75. The average molecular weight is 728 g/mol. The number of sulfonamides is 2. The molecule has 0 spiro atoms. The Labute approximate surface area is 297 Å². The maximum atomic E-state index is 12.1. The van der Waals surface area contributed by atoms with Crippen molar-refractivity contribution < 1.29 is 21.6 Å². The Morgan fingerprint density at radius 2 is 1.12 bits per heavy atom. The van der Waals surface area contributed by atoms with E-state index in [0.29, 0.717) is 45.6 Å². The number of aromatic nitrogens is 2. The predicted molar refractivity (Wildman–Crippen MR) is 201 cm³/mol. The van der Waals surface area contributed by atoms with Gasteiger partial charge in [0, 0.05) is 6.07 Å². The van der Waals surface area contributed by atoms with E-state index in [2.05, 4.69) is 45.8 Å². The Morgan fingerprint density at radius 1 is 0.627 bits per heavy atom. The van der Waals surface area contributed by atoms with Gasteiger partial charge in [-0.1, -0.05) is 60.7 Å². The molecule has 0 fully saturated rings. The van der Waals surface area contributed by atoms with E-state index in [-0.39, 0.29) is 15.7 Å². The van der Waals surface area contributed by atoms with Crippen LogP contribution in [0.3, 0.4) is 0 Å². The van der Waals surface area contributed by atoms with E-state index in [0.717, 1.165) is 11.1 Å². The molecule has 0 aliphatic heterocycles. The highest BCUT2D eigenvalue weighted by molar-refractivity contribution is 7.89. The van der Waals surface area contributed by atoms with Gasteiger partial charge in [0.15, 0.2) is 11.6 Å². The van der Waals surface area contributed by atoms with E-state index in [1.54, 1.807) is 51.3 Å². The van der Waals surface area contributed by atoms with Gasteiger partial charge < -0.3 is 10.1 Å². The fourth-order valence-corrected chi connectivity index (χ4v) is 6.21. The van der Waals surface area contributed by atoms with E-state index < -0.39 is 20.0 Å². The van der Waals surface area contributed by atoms with Crippen LogP contribution in [-0.4, -0.2) is 59.4 Å². The Morgan fingerprint density at radius 3 is 1.57 bits per heavy atom. The molecule has 0 bridgehead atoms. The highest BCUT2D eigenvalue weighted by Gasteiger charge is 2.14. The van der Waals surface area contributed by atoms with Crippen LogP contribution in [0.15, 0.2) is 123 Å². The molecule has 0 saturated carbocycles. The molecule has 5 N–H and O–H groups in total. The molecule has 1 aromatic heterocycles. The molecule has 264 valence electrons. The number of ether oxygens (including phenoxy) is 1. The quantitative estimate of drug-likeness (QED) is 0.0734. The maximum Gasteiger partial charge on any atom is 0.240 e. The third-order valence-corrected chi connectivity index (χ3v) is 10.5. The number of hydrazone groups is 2. The maximum absolute atomic E-state index is 12.1. The topological polar surface area (TPSA) is 188 Å². The van der Waals surface area contributed by atoms with Crippen molar-refractivity contribution in [2.24, 2.45) is 10.2 Å². The van der Waals surface area contributed by atoms with Crippen LogP contribution in [0.25, 0.3) is 11.1 Å². The second kappa shape index (κ2) is 15.9. The highest BCUT2D eigenvalue weighted by atomic mass is 32.2. The fraction of sp³-hybridized carbons (Fsp3) is 0.143. The molecule has 0 radical (unpaired) electrons. The van der Waals surface area contributed by atoms with Crippen LogP contribution in [0.5, 0.6) is 5.75 Å². The molecule has 51 heavy (non-hydrogen) atoms. The van der Waals surface area contributed by atoms with Gasteiger partial charge in [0.2, 0.25) is 26.0 Å². The summed E-state index contributed by atoms with van der Waals surface area (Å²) >= 11 is 0. The lowest BCUT2D eigenvalue weighted by Crippen LogP contribution is -2.18. The van der Waals surface area contributed by atoms with Crippen molar-refractivity contribution in [3.8, 4) is 16.9 Å². The molecule has 1 heterocycles. The van der Waals surface area contributed by atoms with Gasteiger partial charge in [-0.3, -0.25) is 10.9 Å². The number of rotatable bonds is 14. The molecule has 4 aromatic carbocycles. The Kier molecular flexibility index (Phi) is 11.4. The van der Waals surface area contributed by atoms with Gasteiger partial charge in [0.05, 0.1) is 34.0 Å². The molecule has 0 unspecified atom stereocenters. The first-order chi connectivity index (χ1) is 24.4.